The molecule has 0 aliphatic carbocycles. The minimum Gasteiger partial charge on any atom is -0.298 e. The summed E-state index contributed by atoms with van der Waals surface area (Å²) in [7, 11) is 0. The van der Waals surface area contributed by atoms with Crippen LogP contribution in [-0.2, 0) is 10.1 Å². The Balaban J connectivity index is 3.23. The third kappa shape index (κ3) is 2.45. The molecule has 0 radical (unpaired) electrons. The van der Waals surface area contributed by atoms with E-state index in [0.29, 0.717) is 0 Å². The minimum absolute atomic E-state index is 0.140. The van der Waals surface area contributed by atoms with Gasteiger partial charge in [0.05, 0.1) is 4.83 Å². The molecule has 1 aromatic rings. The Morgan fingerprint density at radius 3 is 2.64 bits per heavy atom. The zero-order valence-corrected chi connectivity index (χ0v) is 11.4. The zero-order chi connectivity index (χ0) is 10.7. The molecule has 0 aliphatic heterocycles. The van der Waals surface area contributed by atoms with E-state index in [0.717, 1.165) is 16.5 Å². The number of carbonyl (C=O) groups excluding carboxylic acids is 1. The van der Waals surface area contributed by atoms with E-state index < -0.39 is 0 Å². The number of Topliss-reactive ketones (excluding diaryl/α,β-unsaturated/α-hetero) is 1. The maximum Gasteiger partial charge on any atom is 0.147 e. The molecule has 14 heavy (non-hydrogen) atoms. The summed E-state index contributed by atoms with van der Waals surface area (Å²) in [5, 5.41) is 0.777. The molecule has 0 saturated carbocycles. The summed E-state index contributed by atoms with van der Waals surface area (Å²) < 4.78 is 0. The van der Waals surface area contributed by atoms with Crippen molar-refractivity contribution in [3.63, 3.8) is 0 Å². The number of halogens is 2. The molecule has 1 unspecified atom stereocenters. The van der Waals surface area contributed by atoms with Crippen molar-refractivity contribution in [3.05, 3.63) is 34.9 Å². The number of hydrogen-bond donors (Lipinski definition) is 0. The molecule has 0 saturated heterocycles. The second-order valence-corrected chi connectivity index (χ2v) is 4.73. The van der Waals surface area contributed by atoms with Crippen LogP contribution in [0.25, 0.3) is 0 Å². The smallest absolute Gasteiger partial charge is 0.147 e. The van der Waals surface area contributed by atoms with E-state index in [2.05, 4.69) is 31.9 Å². The number of aryl methyl sites for hydroxylation is 1. The highest BCUT2D eigenvalue weighted by Gasteiger charge is 2.17. The van der Waals surface area contributed by atoms with Gasteiger partial charge in [-0.3, -0.25) is 4.79 Å². The Hall–Kier alpha value is -0.150. The van der Waals surface area contributed by atoms with Crippen LogP contribution < -0.4 is 0 Å². The molecule has 0 aromatic heterocycles. The van der Waals surface area contributed by atoms with Crippen molar-refractivity contribution in [3.8, 4) is 0 Å². The highest BCUT2D eigenvalue weighted by Crippen LogP contribution is 2.30. The van der Waals surface area contributed by atoms with Gasteiger partial charge in [0.25, 0.3) is 0 Å². The standard InChI is InChI=1S/C11H12Br2O/c1-7-4-3-5-9(6-12)10(7)11(13)8(2)14/h3-5,11H,6H2,1-2H3. The molecular formula is C11H12Br2O. The van der Waals surface area contributed by atoms with Crippen LogP contribution in [0.3, 0.4) is 0 Å². The lowest BCUT2D eigenvalue weighted by Gasteiger charge is -2.14. The molecule has 0 aliphatic rings. The van der Waals surface area contributed by atoms with Gasteiger partial charge in [-0.1, -0.05) is 50.1 Å². The second kappa shape index (κ2) is 5.08. The fourth-order valence-corrected chi connectivity index (χ4v) is 2.57. The summed E-state index contributed by atoms with van der Waals surface area (Å²) in [4.78, 5) is 11.1. The quantitative estimate of drug-likeness (QED) is 0.772. The van der Waals surface area contributed by atoms with E-state index in [-0.39, 0.29) is 10.6 Å². The largest absolute Gasteiger partial charge is 0.298 e. The summed E-state index contributed by atoms with van der Waals surface area (Å²) >= 11 is 6.85. The summed E-state index contributed by atoms with van der Waals surface area (Å²) in [6.07, 6.45) is 0. The Bertz CT molecular complexity index is 347. The zero-order valence-electron chi connectivity index (χ0n) is 8.18. The number of hydrogen-bond acceptors (Lipinski definition) is 1. The van der Waals surface area contributed by atoms with Crippen molar-refractivity contribution in [2.45, 2.75) is 24.0 Å². The first kappa shape index (κ1) is 11.9. The molecule has 1 rings (SSSR count). The van der Waals surface area contributed by atoms with E-state index in [1.807, 2.05) is 25.1 Å². The Labute approximate surface area is 101 Å². The first-order valence-electron chi connectivity index (χ1n) is 4.36. The molecule has 1 nitrogen and oxygen atoms in total. The average molecular weight is 320 g/mol. The topological polar surface area (TPSA) is 17.1 Å². The van der Waals surface area contributed by atoms with Gasteiger partial charge in [0.1, 0.15) is 5.78 Å². The van der Waals surface area contributed by atoms with Crippen molar-refractivity contribution in [2.75, 3.05) is 0 Å². The van der Waals surface area contributed by atoms with Gasteiger partial charge in [0.15, 0.2) is 0 Å². The van der Waals surface area contributed by atoms with E-state index in [1.54, 1.807) is 6.92 Å². The lowest BCUT2D eigenvalue weighted by molar-refractivity contribution is -0.116. The molecule has 0 heterocycles. The van der Waals surface area contributed by atoms with Gasteiger partial charge in [0, 0.05) is 5.33 Å². The lowest BCUT2D eigenvalue weighted by Crippen LogP contribution is -2.06. The van der Waals surface area contributed by atoms with Gasteiger partial charge in [-0.2, -0.15) is 0 Å². The van der Waals surface area contributed by atoms with Crippen molar-refractivity contribution in [2.24, 2.45) is 0 Å². The number of benzene rings is 1. The fraction of sp³-hybridized carbons (Fsp3) is 0.364. The highest BCUT2D eigenvalue weighted by molar-refractivity contribution is 9.09. The molecule has 1 atom stereocenters. The van der Waals surface area contributed by atoms with Crippen LogP contribution in [0.5, 0.6) is 0 Å². The van der Waals surface area contributed by atoms with Crippen molar-refractivity contribution in [1.82, 2.24) is 0 Å². The molecule has 3 heteroatoms. The van der Waals surface area contributed by atoms with Gasteiger partial charge in [-0.15, -0.1) is 0 Å². The highest BCUT2D eigenvalue weighted by atomic mass is 79.9. The molecular weight excluding hydrogens is 308 g/mol. The molecule has 0 N–H and O–H groups in total. The monoisotopic (exact) mass is 318 g/mol. The molecule has 0 spiro atoms. The predicted octanol–water partition coefficient (Wildman–Crippen LogP) is 3.91. The van der Waals surface area contributed by atoms with Crippen LogP contribution in [0.2, 0.25) is 0 Å². The number of rotatable bonds is 3. The van der Waals surface area contributed by atoms with Crippen LogP contribution in [-0.4, -0.2) is 5.78 Å². The van der Waals surface area contributed by atoms with Crippen molar-refractivity contribution < 1.29 is 4.79 Å². The minimum atomic E-state index is -0.184. The molecule has 1 aromatic carbocycles. The van der Waals surface area contributed by atoms with Crippen LogP contribution in [0.1, 0.15) is 28.4 Å². The summed E-state index contributed by atoms with van der Waals surface area (Å²) in [6.45, 7) is 3.63. The molecule has 0 amide bonds. The summed E-state index contributed by atoms with van der Waals surface area (Å²) in [6, 6.07) is 6.07. The maximum absolute atomic E-state index is 11.3. The second-order valence-electron chi connectivity index (χ2n) is 3.25. The van der Waals surface area contributed by atoms with Crippen LogP contribution in [0.15, 0.2) is 18.2 Å². The van der Waals surface area contributed by atoms with Crippen LogP contribution >= 0.6 is 31.9 Å². The van der Waals surface area contributed by atoms with Crippen LogP contribution in [0.4, 0.5) is 0 Å². The van der Waals surface area contributed by atoms with Gasteiger partial charge < -0.3 is 0 Å². The Morgan fingerprint density at radius 2 is 2.14 bits per heavy atom. The third-order valence-electron chi connectivity index (χ3n) is 2.17. The maximum atomic E-state index is 11.3. The lowest BCUT2D eigenvalue weighted by atomic mass is 9.98. The predicted molar refractivity (Wildman–Crippen MR) is 66.2 cm³/mol. The van der Waals surface area contributed by atoms with E-state index >= 15 is 0 Å². The fourth-order valence-electron chi connectivity index (χ4n) is 1.42. The van der Waals surface area contributed by atoms with Gasteiger partial charge in [-0.05, 0) is 30.5 Å². The molecule has 76 valence electrons. The Morgan fingerprint density at radius 1 is 1.50 bits per heavy atom. The number of alkyl halides is 2. The first-order chi connectivity index (χ1) is 6.57. The van der Waals surface area contributed by atoms with Gasteiger partial charge in [-0.25, -0.2) is 0 Å². The number of ketones is 1. The SMILES string of the molecule is CC(=O)C(Br)c1c(C)cccc1CBr. The van der Waals surface area contributed by atoms with Crippen molar-refractivity contribution in [1.29, 1.82) is 0 Å². The summed E-state index contributed by atoms with van der Waals surface area (Å²) in [5.41, 5.74) is 3.41. The third-order valence-corrected chi connectivity index (χ3v) is 3.88. The van der Waals surface area contributed by atoms with Crippen molar-refractivity contribution >= 4 is 37.6 Å². The number of carbonyl (C=O) groups is 1. The molecule has 0 bridgehead atoms. The molecule has 0 fully saturated rings. The summed E-state index contributed by atoms with van der Waals surface area (Å²) in [5.74, 6) is 0.140. The van der Waals surface area contributed by atoms with E-state index in [9.17, 15) is 4.79 Å². The van der Waals surface area contributed by atoms with E-state index in [1.165, 1.54) is 5.56 Å². The van der Waals surface area contributed by atoms with Gasteiger partial charge in [0.2, 0.25) is 0 Å². The van der Waals surface area contributed by atoms with E-state index in [4.69, 9.17) is 0 Å². The van der Waals surface area contributed by atoms with Gasteiger partial charge >= 0.3 is 0 Å². The first-order valence-corrected chi connectivity index (χ1v) is 6.40. The Kier molecular flexibility index (Phi) is 4.32. The average Bonchev–Trinajstić information content (AvgIpc) is 2.16. The van der Waals surface area contributed by atoms with Crippen LogP contribution in [0, 0.1) is 6.92 Å². The normalized spacial score (nSPS) is 12.6.